The first-order chi connectivity index (χ1) is 31.7. The van der Waals surface area contributed by atoms with Crippen molar-refractivity contribution in [3.63, 3.8) is 0 Å². The number of carbonyl (C=O) groups is 1. The minimum absolute atomic E-state index is 0.248. The standard InChI is InChI=1S/C54H103NO10/c1-3-5-7-9-11-13-15-17-19-21-23-24-26-28-30-32-34-36-38-40-42-47(58)53(63)55-45(44-64-54-52(62)51(61)50(60)48(43-56)65-54)49(59)46(57)41-39-37-35-33-31-29-27-25-22-20-18-16-14-12-10-8-6-4-2/h24,26,33,35,45-52,54,56-62H,3-23,25,27-32,34,36-44H2,1-2H3,(H,55,63)/b26-24-,35-33+. The van der Waals surface area contributed by atoms with Crippen molar-refractivity contribution in [3.05, 3.63) is 24.3 Å². The summed E-state index contributed by atoms with van der Waals surface area (Å²) in [5.41, 5.74) is 0. The molecule has 0 aromatic carbocycles. The fourth-order valence-electron chi connectivity index (χ4n) is 8.73. The lowest BCUT2D eigenvalue weighted by atomic mass is 9.98. The molecule has 0 aromatic rings. The van der Waals surface area contributed by atoms with Gasteiger partial charge in [0.15, 0.2) is 6.29 Å². The summed E-state index contributed by atoms with van der Waals surface area (Å²) < 4.78 is 11.1. The van der Waals surface area contributed by atoms with Crippen molar-refractivity contribution in [2.45, 2.75) is 300 Å². The van der Waals surface area contributed by atoms with Crippen LogP contribution in [-0.2, 0) is 14.3 Å². The van der Waals surface area contributed by atoms with Crippen molar-refractivity contribution in [2.24, 2.45) is 0 Å². The van der Waals surface area contributed by atoms with Crippen molar-refractivity contribution in [3.8, 4) is 0 Å². The lowest BCUT2D eigenvalue weighted by molar-refractivity contribution is -0.303. The normalized spacial score (nSPS) is 21.0. The molecule has 1 heterocycles. The second-order valence-corrected chi connectivity index (χ2v) is 19.3. The SMILES string of the molecule is CCCCCCCCCCCC/C=C\CCCCCCCCC(O)C(=O)NC(COC1OC(CO)C(O)C(O)C1O)C(O)C(O)CCC/C=C/CCCCCCCCCCCCCCC. The summed E-state index contributed by atoms with van der Waals surface area (Å²) >= 11 is 0. The molecule has 65 heavy (non-hydrogen) atoms. The lowest BCUT2D eigenvalue weighted by Crippen LogP contribution is -2.60. The number of unbranched alkanes of at least 4 members (excludes halogenated alkanes) is 30. The Bertz CT molecular complexity index is 1110. The van der Waals surface area contributed by atoms with Gasteiger partial charge < -0.3 is 50.5 Å². The van der Waals surface area contributed by atoms with Gasteiger partial charge in [0, 0.05) is 0 Å². The largest absolute Gasteiger partial charge is 0.394 e. The molecule has 11 heteroatoms. The fourth-order valence-corrected chi connectivity index (χ4v) is 8.73. The lowest BCUT2D eigenvalue weighted by Gasteiger charge is -2.40. The zero-order chi connectivity index (χ0) is 47.6. The number of hydrogen-bond donors (Lipinski definition) is 8. The van der Waals surface area contributed by atoms with E-state index in [0.29, 0.717) is 12.8 Å². The minimum atomic E-state index is -1.67. The van der Waals surface area contributed by atoms with Crippen molar-refractivity contribution in [2.75, 3.05) is 13.2 Å². The number of carbonyl (C=O) groups excluding carboxylic acids is 1. The van der Waals surface area contributed by atoms with E-state index in [9.17, 15) is 40.5 Å². The van der Waals surface area contributed by atoms with Crippen LogP contribution in [0.1, 0.15) is 245 Å². The van der Waals surface area contributed by atoms with Gasteiger partial charge in [0.05, 0.1) is 25.4 Å². The predicted molar refractivity (Wildman–Crippen MR) is 266 cm³/mol. The highest BCUT2D eigenvalue weighted by atomic mass is 16.7. The zero-order valence-electron chi connectivity index (χ0n) is 41.7. The topological polar surface area (TPSA) is 189 Å². The highest BCUT2D eigenvalue weighted by Crippen LogP contribution is 2.23. The van der Waals surface area contributed by atoms with Gasteiger partial charge in [-0.1, -0.05) is 205 Å². The van der Waals surface area contributed by atoms with Crippen molar-refractivity contribution >= 4 is 5.91 Å². The Morgan fingerprint density at radius 3 is 1.32 bits per heavy atom. The van der Waals surface area contributed by atoms with Gasteiger partial charge in [-0.25, -0.2) is 0 Å². The molecule has 384 valence electrons. The average molecular weight is 926 g/mol. The van der Waals surface area contributed by atoms with Crippen molar-refractivity contribution in [1.29, 1.82) is 0 Å². The van der Waals surface area contributed by atoms with E-state index in [1.165, 1.54) is 148 Å². The molecule has 1 amide bonds. The van der Waals surface area contributed by atoms with Gasteiger partial charge in [-0.2, -0.15) is 0 Å². The quantitative estimate of drug-likeness (QED) is 0.0216. The summed E-state index contributed by atoms with van der Waals surface area (Å²) in [4.78, 5) is 13.1. The number of amides is 1. The van der Waals surface area contributed by atoms with Crippen LogP contribution in [0.15, 0.2) is 24.3 Å². The molecule has 9 unspecified atom stereocenters. The molecule has 0 radical (unpaired) electrons. The molecule has 0 saturated carbocycles. The molecule has 0 spiro atoms. The number of ether oxygens (including phenoxy) is 2. The maximum absolute atomic E-state index is 13.1. The molecule has 1 rings (SSSR count). The van der Waals surface area contributed by atoms with E-state index in [0.717, 1.165) is 57.8 Å². The van der Waals surface area contributed by atoms with Crippen molar-refractivity contribution in [1.82, 2.24) is 5.32 Å². The van der Waals surface area contributed by atoms with E-state index in [4.69, 9.17) is 9.47 Å². The summed E-state index contributed by atoms with van der Waals surface area (Å²) in [6.45, 7) is 3.45. The summed E-state index contributed by atoms with van der Waals surface area (Å²) in [7, 11) is 0. The van der Waals surface area contributed by atoms with Gasteiger partial charge in [-0.3, -0.25) is 4.79 Å². The van der Waals surface area contributed by atoms with E-state index < -0.39 is 74.2 Å². The number of aliphatic hydroxyl groups is 7. The summed E-state index contributed by atoms with van der Waals surface area (Å²) in [6, 6.07) is -1.19. The molecule has 1 aliphatic rings. The van der Waals surface area contributed by atoms with Crippen LogP contribution in [0.3, 0.4) is 0 Å². The van der Waals surface area contributed by atoms with Crippen LogP contribution in [0.2, 0.25) is 0 Å². The van der Waals surface area contributed by atoms with Crippen LogP contribution in [0.4, 0.5) is 0 Å². The van der Waals surface area contributed by atoms with Crippen LogP contribution in [0, 0.1) is 0 Å². The molecule has 0 aromatic heterocycles. The second kappa shape index (κ2) is 43.8. The second-order valence-electron chi connectivity index (χ2n) is 19.3. The van der Waals surface area contributed by atoms with Crippen molar-refractivity contribution < 1.29 is 50.0 Å². The van der Waals surface area contributed by atoms with Gasteiger partial charge in [0.1, 0.15) is 36.6 Å². The molecule has 8 N–H and O–H groups in total. The Morgan fingerprint density at radius 2 is 0.908 bits per heavy atom. The van der Waals surface area contributed by atoms with E-state index in [1.807, 2.05) is 0 Å². The highest BCUT2D eigenvalue weighted by molar-refractivity contribution is 5.80. The van der Waals surface area contributed by atoms with Gasteiger partial charge in [-0.05, 0) is 64.2 Å². The van der Waals surface area contributed by atoms with Gasteiger partial charge in [0.2, 0.25) is 5.91 Å². The molecular weight excluding hydrogens is 823 g/mol. The van der Waals surface area contributed by atoms with Crippen LogP contribution < -0.4 is 5.32 Å². The number of nitrogens with one attached hydrogen (secondary N) is 1. The Labute approximate surface area is 397 Å². The third-order valence-corrected chi connectivity index (χ3v) is 13.2. The maximum Gasteiger partial charge on any atom is 0.249 e. The van der Waals surface area contributed by atoms with Gasteiger partial charge in [-0.15, -0.1) is 0 Å². The van der Waals surface area contributed by atoms with Crippen LogP contribution in [0.5, 0.6) is 0 Å². The smallest absolute Gasteiger partial charge is 0.249 e. The molecule has 0 aliphatic carbocycles. The number of hydrogen-bond acceptors (Lipinski definition) is 10. The molecule has 1 saturated heterocycles. The Kier molecular flexibility index (Phi) is 41.6. The van der Waals surface area contributed by atoms with E-state index >= 15 is 0 Å². The Morgan fingerprint density at radius 1 is 0.523 bits per heavy atom. The first-order valence-corrected chi connectivity index (χ1v) is 27.2. The monoisotopic (exact) mass is 926 g/mol. The summed E-state index contributed by atoms with van der Waals surface area (Å²) in [5.74, 6) is -0.709. The summed E-state index contributed by atoms with van der Waals surface area (Å²) in [5, 5.41) is 76.0. The first-order valence-electron chi connectivity index (χ1n) is 27.2. The van der Waals surface area contributed by atoms with Gasteiger partial charge >= 0.3 is 0 Å². The first kappa shape index (κ1) is 61.6. The summed E-state index contributed by atoms with van der Waals surface area (Å²) in [6.07, 6.45) is 39.4. The van der Waals surface area contributed by atoms with Crippen LogP contribution in [0.25, 0.3) is 0 Å². The van der Waals surface area contributed by atoms with E-state index in [2.05, 4.69) is 43.5 Å². The average Bonchev–Trinajstić information content (AvgIpc) is 3.31. The van der Waals surface area contributed by atoms with Crippen LogP contribution >= 0.6 is 0 Å². The molecule has 9 atom stereocenters. The van der Waals surface area contributed by atoms with Crippen LogP contribution in [-0.4, -0.2) is 110 Å². The molecule has 1 fully saturated rings. The highest BCUT2D eigenvalue weighted by Gasteiger charge is 2.44. The van der Waals surface area contributed by atoms with Gasteiger partial charge in [0.25, 0.3) is 0 Å². The Hall–Kier alpha value is -1.41. The van der Waals surface area contributed by atoms with E-state index in [-0.39, 0.29) is 12.8 Å². The molecular formula is C54H103NO10. The maximum atomic E-state index is 13.1. The van der Waals surface area contributed by atoms with E-state index in [1.54, 1.807) is 0 Å². The predicted octanol–water partition coefficient (Wildman–Crippen LogP) is 10.6. The number of rotatable bonds is 46. The molecule has 0 bridgehead atoms. The number of aliphatic hydroxyl groups excluding tert-OH is 7. The zero-order valence-corrected chi connectivity index (χ0v) is 41.7. The molecule has 1 aliphatic heterocycles. The Balaban J connectivity index is 2.38. The minimum Gasteiger partial charge on any atom is -0.394 e. The fraction of sp³-hybridized carbons (Fsp3) is 0.907. The third-order valence-electron chi connectivity index (χ3n) is 13.2. The number of allylic oxidation sites excluding steroid dienone is 4. The molecule has 11 nitrogen and oxygen atoms in total. The third kappa shape index (κ3) is 32.9.